The molecule has 3 aliphatic heterocycles. The van der Waals surface area contributed by atoms with Crippen LogP contribution in [-0.4, -0.2) is 82.4 Å². The molecule has 50 heavy (non-hydrogen) atoms. The van der Waals surface area contributed by atoms with Crippen molar-refractivity contribution < 1.29 is 22.7 Å². The van der Waals surface area contributed by atoms with E-state index in [9.17, 15) is 18.8 Å². The normalized spacial score (nSPS) is 22.9. The largest absolute Gasteiger partial charge is 0.461 e. The maximum absolute atomic E-state index is 16.9. The van der Waals surface area contributed by atoms with Gasteiger partial charge >= 0.3 is 12.0 Å². The number of benzene rings is 2. The molecule has 1 unspecified atom stereocenters. The number of nitrogens with zero attached hydrogens (tertiary/aromatic N) is 5. The van der Waals surface area contributed by atoms with Crippen LogP contribution in [0.2, 0.25) is 5.02 Å². The first-order valence-corrected chi connectivity index (χ1v) is 18.0. The van der Waals surface area contributed by atoms with Crippen molar-refractivity contribution in [2.75, 3.05) is 43.8 Å². The Balaban J connectivity index is 1.15. The predicted octanol–water partition coefficient (Wildman–Crippen LogP) is 6.85. The van der Waals surface area contributed by atoms with E-state index in [2.05, 4.69) is 20.5 Å². The number of alkyl halides is 1. The summed E-state index contributed by atoms with van der Waals surface area (Å²) in [5.74, 6) is -1.03. The zero-order chi connectivity index (χ0) is 35.1. The van der Waals surface area contributed by atoms with Gasteiger partial charge in [-0.3, -0.25) is 4.90 Å². The lowest BCUT2D eigenvalue weighted by Gasteiger charge is -2.59. The molecule has 1 aliphatic carbocycles. The van der Waals surface area contributed by atoms with Crippen LogP contribution in [0.4, 0.5) is 28.8 Å². The van der Waals surface area contributed by atoms with Crippen molar-refractivity contribution in [2.45, 2.75) is 69.7 Å². The van der Waals surface area contributed by atoms with Crippen LogP contribution in [0.3, 0.4) is 0 Å². The first-order chi connectivity index (χ1) is 23.9. The molecule has 4 N–H and O–H groups in total. The van der Waals surface area contributed by atoms with Gasteiger partial charge in [0.05, 0.1) is 20.8 Å². The number of nitriles is 1. The number of aromatic nitrogens is 2. The van der Waals surface area contributed by atoms with Gasteiger partial charge in [0.1, 0.15) is 41.0 Å². The fourth-order valence-corrected chi connectivity index (χ4v) is 9.78. The third-order valence-corrected chi connectivity index (χ3v) is 12.1. The molecular formula is C35H36ClF3N8O2S. The smallest absolute Gasteiger partial charge is 0.319 e. The van der Waals surface area contributed by atoms with Crippen LogP contribution in [0.15, 0.2) is 18.2 Å². The highest BCUT2D eigenvalue weighted by Gasteiger charge is 2.54. The van der Waals surface area contributed by atoms with E-state index in [0.717, 1.165) is 43.6 Å². The third-order valence-electron chi connectivity index (χ3n) is 10.7. The summed E-state index contributed by atoms with van der Waals surface area (Å²) in [6, 6.07) is 6.09. The number of thiophene rings is 1. The maximum Gasteiger partial charge on any atom is 0.319 e. The Kier molecular flexibility index (Phi) is 7.96. The molecule has 2 aromatic heterocycles. The van der Waals surface area contributed by atoms with Crippen molar-refractivity contribution in [3.8, 4) is 23.2 Å². The molecule has 2 amide bonds. The number of urea groups is 1. The minimum absolute atomic E-state index is 0.00693. The van der Waals surface area contributed by atoms with Crippen molar-refractivity contribution in [1.29, 1.82) is 5.26 Å². The van der Waals surface area contributed by atoms with Gasteiger partial charge in [0, 0.05) is 59.9 Å². The Morgan fingerprint density at radius 1 is 1.26 bits per heavy atom. The van der Waals surface area contributed by atoms with Gasteiger partial charge in [-0.2, -0.15) is 15.2 Å². The highest BCUT2D eigenvalue weighted by molar-refractivity contribution is 7.23. The van der Waals surface area contributed by atoms with Crippen LogP contribution in [0.5, 0.6) is 6.01 Å². The number of hydrogen-bond acceptors (Lipinski definition) is 9. The van der Waals surface area contributed by atoms with Crippen LogP contribution >= 0.6 is 22.9 Å². The highest BCUT2D eigenvalue weighted by atomic mass is 35.5. The van der Waals surface area contributed by atoms with Crippen LogP contribution < -0.4 is 21.1 Å². The van der Waals surface area contributed by atoms with Crippen molar-refractivity contribution in [2.24, 2.45) is 5.41 Å². The number of carbonyl (C=O) groups excluding carboxylic acids is 1. The first-order valence-electron chi connectivity index (χ1n) is 16.8. The van der Waals surface area contributed by atoms with Gasteiger partial charge in [0.2, 0.25) is 0 Å². The monoisotopic (exact) mass is 724 g/mol. The summed E-state index contributed by atoms with van der Waals surface area (Å²) in [5.41, 5.74) is 5.73. The Morgan fingerprint density at radius 2 is 2.04 bits per heavy atom. The van der Waals surface area contributed by atoms with Crippen molar-refractivity contribution >= 4 is 60.8 Å². The topological polar surface area (TPSA) is 132 Å². The molecule has 3 saturated heterocycles. The summed E-state index contributed by atoms with van der Waals surface area (Å²) in [6.45, 7) is 6.46. The molecule has 5 heterocycles. The molecule has 4 aliphatic rings. The number of nitrogen functional groups attached to an aromatic ring is 1. The van der Waals surface area contributed by atoms with Crippen LogP contribution in [0, 0.1) is 28.4 Å². The number of ether oxygens (including phenoxy) is 1. The van der Waals surface area contributed by atoms with Gasteiger partial charge in [-0.05, 0) is 63.8 Å². The van der Waals surface area contributed by atoms with E-state index in [-0.39, 0.29) is 78.5 Å². The summed E-state index contributed by atoms with van der Waals surface area (Å²) in [6.07, 6.45) is 2.69. The lowest BCUT2D eigenvalue weighted by Crippen LogP contribution is -2.67. The van der Waals surface area contributed by atoms with Gasteiger partial charge < -0.3 is 26.0 Å². The number of likely N-dealkylation sites (tertiary alicyclic amines) is 1. The Labute approximate surface area is 295 Å². The van der Waals surface area contributed by atoms with E-state index < -0.39 is 23.3 Å². The van der Waals surface area contributed by atoms with E-state index in [1.165, 1.54) is 12.1 Å². The molecule has 8 rings (SSSR count). The second kappa shape index (κ2) is 12.0. The van der Waals surface area contributed by atoms with Gasteiger partial charge in [0.15, 0.2) is 5.82 Å². The lowest BCUT2D eigenvalue weighted by atomic mass is 9.60. The Morgan fingerprint density at radius 3 is 2.78 bits per heavy atom. The highest BCUT2D eigenvalue weighted by Crippen LogP contribution is 2.50. The van der Waals surface area contributed by atoms with Crippen LogP contribution in [-0.2, 0) is 0 Å². The van der Waals surface area contributed by atoms with Gasteiger partial charge in [-0.15, -0.1) is 11.3 Å². The maximum atomic E-state index is 16.9. The zero-order valence-electron chi connectivity index (χ0n) is 27.6. The van der Waals surface area contributed by atoms with Gasteiger partial charge in [0.25, 0.3) is 0 Å². The SMILES string of the molecule is CC(C)NC(=O)N1CC2(CC(Nc3nc(OCC45CCCN4C[C@H](F)C5)nc4c(F)c(-c5ccc(F)c6sc(N)c(C#N)c56)c(Cl)cc34)C2)C1. The molecule has 10 nitrogen and oxygen atoms in total. The summed E-state index contributed by atoms with van der Waals surface area (Å²) in [7, 11) is 0. The molecule has 1 saturated carbocycles. The summed E-state index contributed by atoms with van der Waals surface area (Å²) in [4.78, 5) is 25.6. The Bertz CT molecular complexity index is 2090. The third kappa shape index (κ3) is 5.36. The molecule has 15 heteroatoms. The van der Waals surface area contributed by atoms with Gasteiger partial charge in [-0.1, -0.05) is 17.7 Å². The Hall–Kier alpha value is -4.06. The van der Waals surface area contributed by atoms with Crippen LogP contribution in [0.1, 0.15) is 51.5 Å². The number of nitrogens with two attached hydrogens (primary N) is 1. The number of carbonyl (C=O) groups is 1. The van der Waals surface area contributed by atoms with Crippen LogP contribution in [0.25, 0.3) is 32.1 Å². The predicted molar refractivity (Wildman–Crippen MR) is 187 cm³/mol. The molecule has 4 fully saturated rings. The van der Waals surface area contributed by atoms with Gasteiger partial charge in [-0.25, -0.2) is 18.0 Å². The number of hydrogen-bond donors (Lipinski definition) is 3. The molecule has 2 aromatic carbocycles. The summed E-state index contributed by atoms with van der Waals surface area (Å²) < 4.78 is 52.6. The van der Waals surface area contributed by atoms with E-state index in [4.69, 9.17) is 27.1 Å². The van der Waals surface area contributed by atoms with Crippen molar-refractivity contribution in [3.63, 3.8) is 0 Å². The molecular weight excluding hydrogens is 689 g/mol. The summed E-state index contributed by atoms with van der Waals surface area (Å²) in [5, 5.41) is 16.9. The molecule has 262 valence electrons. The minimum Gasteiger partial charge on any atom is -0.461 e. The number of anilines is 2. The first kappa shape index (κ1) is 33.1. The van der Waals surface area contributed by atoms with E-state index >= 15 is 4.39 Å². The summed E-state index contributed by atoms with van der Waals surface area (Å²) >= 11 is 7.73. The second-order valence-corrected chi connectivity index (χ2v) is 16.1. The fraction of sp³-hybridized carbons (Fsp3) is 0.486. The quantitative estimate of drug-likeness (QED) is 0.189. The van der Waals surface area contributed by atoms with E-state index in [1.807, 2.05) is 19.9 Å². The number of rotatable bonds is 7. The molecule has 0 radical (unpaired) electrons. The number of nitrogens with one attached hydrogen (secondary N) is 2. The minimum atomic E-state index is -0.947. The fourth-order valence-electron chi connectivity index (χ4n) is 8.54. The number of amides is 2. The van der Waals surface area contributed by atoms with E-state index in [1.54, 1.807) is 11.0 Å². The molecule has 4 aromatic rings. The van der Waals surface area contributed by atoms with Crippen molar-refractivity contribution in [3.05, 3.63) is 40.4 Å². The average molecular weight is 725 g/mol. The molecule has 0 bridgehead atoms. The number of fused-ring (bicyclic) bond motifs is 3. The lowest BCUT2D eigenvalue weighted by molar-refractivity contribution is -0.0405. The zero-order valence-corrected chi connectivity index (χ0v) is 29.2. The van der Waals surface area contributed by atoms with Crippen molar-refractivity contribution in [1.82, 2.24) is 25.1 Å². The second-order valence-electron chi connectivity index (χ2n) is 14.6. The molecule has 1 spiro atoms. The average Bonchev–Trinajstić information content (AvgIpc) is 3.67. The van der Waals surface area contributed by atoms with E-state index in [0.29, 0.717) is 37.3 Å². The molecule has 2 atom stereocenters. The number of halogens is 4. The standard InChI is InChI=1S/C35H36ClF3N8O2S/c1-17(2)42-33(48)46-14-34(15-46)10-19(11-34)43-31-21-8-23(36)26(20-4-5-24(38)29-25(20)22(12-40)30(41)50-29)27(39)28(21)44-32(45-31)49-16-35-6-3-7-47(35)13-18(37)9-35/h4-5,8,17-19H,3,6-7,9-11,13-16,41H2,1-2H3,(H,42,48)(H,43,44,45)/t18-,35?/m1/s1.